The van der Waals surface area contributed by atoms with Crippen LogP contribution in [-0.4, -0.2) is 30.0 Å². The maximum Gasteiger partial charge on any atom is 0.325 e. The third-order valence-electron chi connectivity index (χ3n) is 2.36. The fourth-order valence-electron chi connectivity index (χ4n) is 1.38. The number of carbonyl (C=O) groups is 1. The molecule has 1 aromatic carbocycles. The molecule has 0 bridgehead atoms. The average molecular weight is 292 g/mol. The summed E-state index contributed by atoms with van der Waals surface area (Å²) in [5.74, 6) is -0.589. The van der Waals surface area contributed by atoms with Gasteiger partial charge in [-0.1, -0.05) is 12.1 Å². The van der Waals surface area contributed by atoms with E-state index in [0.717, 1.165) is 4.90 Å². The van der Waals surface area contributed by atoms with Crippen LogP contribution in [0.3, 0.4) is 0 Å². The molecule has 0 amide bonds. The summed E-state index contributed by atoms with van der Waals surface area (Å²) in [4.78, 5) is 12.5. The molecule has 0 aliphatic heterocycles. The van der Waals surface area contributed by atoms with Crippen LogP contribution in [0.1, 0.15) is 18.6 Å². The topological polar surface area (TPSA) is 72.5 Å². The maximum atomic E-state index is 11.4. The SMILES string of the molecule is CCOC(=O)[C@@H](N)C(O)c1ccc(SC)cc1.Cl. The van der Waals surface area contributed by atoms with Crippen molar-refractivity contribution >= 4 is 30.1 Å². The van der Waals surface area contributed by atoms with E-state index in [4.69, 9.17) is 10.5 Å². The summed E-state index contributed by atoms with van der Waals surface area (Å²) >= 11 is 1.61. The fourth-order valence-corrected chi connectivity index (χ4v) is 1.78. The first-order chi connectivity index (χ1) is 8.10. The van der Waals surface area contributed by atoms with Crippen molar-refractivity contribution in [2.45, 2.75) is 24.0 Å². The Labute approximate surface area is 117 Å². The molecule has 0 fully saturated rings. The van der Waals surface area contributed by atoms with Crippen LogP contribution in [0.4, 0.5) is 0 Å². The minimum absolute atomic E-state index is 0. The first-order valence-corrected chi connectivity index (χ1v) is 6.56. The van der Waals surface area contributed by atoms with Crippen LogP contribution >= 0.6 is 24.2 Å². The molecule has 2 atom stereocenters. The Morgan fingerprint density at radius 1 is 1.44 bits per heavy atom. The highest BCUT2D eigenvalue weighted by Crippen LogP contribution is 2.21. The standard InChI is InChI=1S/C12H17NO3S.ClH/c1-3-16-12(15)10(13)11(14)8-4-6-9(17-2)7-5-8;/h4-7,10-11,14H,3,13H2,1-2H3;1H/t10-,11?;/m0./s1. The number of rotatable bonds is 5. The van der Waals surface area contributed by atoms with Gasteiger partial charge in [0, 0.05) is 4.90 Å². The smallest absolute Gasteiger partial charge is 0.325 e. The predicted octanol–water partition coefficient (Wildman–Crippen LogP) is 1.75. The van der Waals surface area contributed by atoms with Crippen LogP contribution in [0, 0.1) is 0 Å². The second-order valence-electron chi connectivity index (χ2n) is 3.50. The zero-order valence-corrected chi connectivity index (χ0v) is 12.0. The van der Waals surface area contributed by atoms with Gasteiger partial charge in [0.05, 0.1) is 6.61 Å². The Bertz CT molecular complexity index is 372. The number of carbonyl (C=O) groups excluding carboxylic acids is 1. The molecule has 0 aliphatic rings. The maximum absolute atomic E-state index is 11.4. The van der Waals surface area contributed by atoms with Crippen LogP contribution in [0.5, 0.6) is 0 Å². The molecule has 1 unspecified atom stereocenters. The van der Waals surface area contributed by atoms with Gasteiger partial charge in [-0.05, 0) is 30.9 Å². The molecule has 102 valence electrons. The molecule has 0 heterocycles. The molecule has 0 saturated carbocycles. The summed E-state index contributed by atoms with van der Waals surface area (Å²) in [5.41, 5.74) is 6.23. The molecule has 18 heavy (non-hydrogen) atoms. The Hall–Kier alpha value is -0.750. The summed E-state index contributed by atoms with van der Waals surface area (Å²) in [6, 6.07) is 6.22. The van der Waals surface area contributed by atoms with Crippen molar-refractivity contribution in [3.05, 3.63) is 29.8 Å². The Kier molecular flexibility index (Phi) is 8.02. The molecule has 0 aromatic heterocycles. The van der Waals surface area contributed by atoms with E-state index in [1.807, 2.05) is 18.4 Å². The number of benzene rings is 1. The number of aliphatic hydroxyl groups excluding tert-OH is 1. The van der Waals surface area contributed by atoms with Crippen LogP contribution in [0.2, 0.25) is 0 Å². The number of hydrogen-bond acceptors (Lipinski definition) is 5. The summed E-state index contributed by atoms with van der Waals surface area (Å²) in [5, 5.41) is 9.92. The van der Waals surface area contributed by atoms with Gasteiger partial charge in [-0.3, -0.25) is 4.79 Å². The minimum atomic E-state index is -1.05. The van der Waals surface area contributed by atoms with E-state index in [1.165, 1.54) is 0 Å². The third kappa shape index (κ3) is 4.49. The molecule has 6 heteroatoms. The Morgan fingerprint density at radius 2 is 2.00 bits per heavy atom. The van der Waals surface area contributed by atoms with E-state index in [9.17, 15) is 9.90 Å². The molecular weight excluding hydrogens is 274 g/mol. The lowest BCUT2D eigenvalue weighted by Crippen LogP contribution is -2.38. The quantitative estimate of drug-likeness (QED) is 0.639. The van der Waals surface area contributed by atoms with Crippen LogP contribution < -0.4 is 5.73 Å². The van der Waals surface area contributed by atoms with Crippen molar-refractivity contribution in [1.82, 2.24) is 0 Å². The van der Waals surface area contributed by atoms with Crippen molar-refractivity contribution in [3.63, 3.8) is 0 Å². The van der Waals surface area contributed by atoms with Crippen molar-refractivity contribution < 1.29 is 14.6 Å². The molecule has 1 aromatic rings. The molecule has 4 nitrogen and oxygen atoms in total. The first-order valence-electron chi connectivity index (χ1n) is 5.34. The van der Waals surface area contributed by atoms with Crippen LogP contribution in [0.25, 0.3) is 0 Å². The number of hydrogen-bond donors (Lipinski definition) is 2. The lowest BCUT2D eigenvalue weighted by Gasteiger charge is -2.17. The molecule has 0 radical (unpaired) electrons. The summed E-state index contributed by atoms with van der Waals surface area (Å²) < 4.78 is 4.76. The molecule has 0 aliphatic carbocycles. The van der Waals surface area contributed by atoms with Gasteiger partial charge in [-0.15, -0.1) is 24.2 Å². The van der Waals surface area contributed by atoms with Crippen molar-refractivity contribution in [2.24, 2.45) is 5.73 Å². The summed E-state index contributed by atoms with van der Waals surface area (Å²) in [6.07, 6.45) is 0.931. The van der Waals surface area contributed by atoms with E-state index in [0.29, 0.717) is 5.56 Å². The zero-order chi connectivity index (χ0) is 12.8. The van der Waals surface area contributed by atoms with Crippen molar-refractivity contribution in [2.75, 3.05) is 12.9 Å². The van der Waals surface area contributed by atoms with Gasteiger partial charge in [0.25, 0.3) is 0 Å². The van der Waals surface area contributed by atoms with E-state index in [2.05, 4.69) is 0 Å². The summed E-state index contributed by atoms with van der Waals surface area (Å²) in [6.45, 7) is 1.95. The van der Waals surface area contributed by atoms with Gasteiger partial charge in [-0.2, -0.15) is 0 Å². The number of thioether (sulfide) groups is 1. The minimum Gasteiger partial charge on any atom is -0.465 e. The van der Waals surface area contributed by atoms with Crippen LogP contribution in [-0.2, 0) is 9.53 Å². The molecular formula is C12H18ClNO3S. The van der Waals surface area contributed by atoms with Gasteiger partial charge in [0.1, 0.15) is 12.1 Å². The normalized spacial score (nSPS) is 13.3. The van der Waals surface area contributed by atoms with Crippen LogP contribution in [0.15, 0.2) is 29.2 Å². The number of esters is 1. The largest absolute Gasteiger partial charge is 0.465 e. The highest BCUT2D eigenvalue weighted by Gasteiger charge is 2.25. The lowest BCUT2D eigenvalue weighted by molar-refractivity contribution is -0.147. The number of aliphatic hydroxyl groups is 1. The van der Waals surface area contributed by atoms with Crippen molar-refractivity contribution in [1.29, 1.82) is 0 Å². The molecule has 3 N–H and O–H groups in total. The molecule has 1 rings (SSSR count). The third-order valence-corrected chi connectivity index (χ3v) is 3.10. The Morgan fingerprint density at radius 3 is 2.44 bits per heavy atom. The predicted molar refractivity (Wildman–Crippen MR) is 75.0 cm³/mol. The van der Waals surface area contributed by atoms with Gasteiger partial charge in [0.15, 0.2) is 0 Å². The summed E-state index contributed by atoms with van der Waals surface area (Å²) in [7, 11) is 0. The zero-order valence-electron chi connectivity index (χ0n) is 10.3. The van der Waals surface area contributed by atoms with E-state index in [-0.39, 0.29) is 19.0 Å². The molecule has 0 saturated heterocycles. The average Bonchev–Trinajstić information content (AvgIpc) is 2.37. The number of ether oxygens (including phenoxy) is 1. The number of nitrogens with two attached hydrogens (primary N) is 1. The van der Waals surface area contributed by atoms with E-state index >= 15 is 0 Å². The first kappa shape index (κ1) is 17.2. The monoisotopic (exact) mass is 291 g/mol. The Balaban J connectivity index is 0.00000289. The fraction of sp³-hybridized carbons (Fsp3) is 0.417. The lowest BCUT2D eigenvalue weighted by atomic mass is 10.0. The van der Waals surface area contributed by atoms with Gasteiger partial charge >= 0.3 is 5.97 Å². The van der Waals surface area contributed by atoms with E-state index in [1.54, 1.807) is 30.8 Å². The van der Waals surface area contributed by atoms with Crippen molar-refractivity contribution in [3.8, 4) is 0 Å². The highest BCUT2D eigenvalue weighted by molar-refractivity contribution is 7.98. The van der Waals surface area contributed by atoms with Gasteiger partial charge < -0.3 is 15.6 Å². The second-order valence-corrected chi connectivity index (χ2v) is 4.38. The number of halogens is 1. The van der Waals surface area contributed by atoms with E-state index < -0.39 is 18.1 Å². The molecule has 0 spiro atoms. The second kappa shape index (κ2) is 8.37. The highest BCUT2D eigenvalue weighted by atomic mass is 35.5. The van der Waals surface area contributed by atoms with Gasteiger partial charge in [0.2, 0.25) is 0 Å². The van der Waals surface area contributed by atoms with Gasteiger partial charge in [-0.25, -0.2) is 0 Å².